The maximum Gasteiger partial charge on any atom is 0.347 e. The van der Waals surface area contributed by atoms with E-state index in [2.05, 4.69) is 15.3 Å². The number of allylic oxidation sites excluding steroid dienone is 1. The highest BCUT2D eigenvalue weighted by molar-refractivity contribution is 7.17. The highest BCUT2D eigenvalue weighted by Gasteiger charge is 2.34. The van der Waals surface area contributed by atoms with Crippen LogP contribution >= 0.6 is 22.9 Å². The van der Waals surface area contributed by atoms with Crippen molar-refractivity contribution >= 4 is 45.7 Å². The van der Waals surface area contributed by atoms with Crippen LogP contribution < -0.4 is 10.2 Å². The SMILES string of the molecule is CO[C@H]1CN(c2nc(C)c(C(=O)O)s2)CC[C@H]1NC(=O)C1=NC(Cl)=C(C(C)C)C1. The van der Waals surface area contributed by atoms with Crippen LogP contribution in [0.3, 0.4) is 0 Å². The number of aromatic carboxylic acids is 1. The van der Waals surface area contributed by atoms with Crippen molar-refractivity contribution in [2.24, 2.45) is 10.9 Å². The summed E-state index contributed by atoms with van der Waals surface area (Å²) >= 11 is 7.33. The van der Waals surface area contributed by atoms with Crippen LogP contribution in [0.25, 0.3) is 0 Å². The molecule has 0 aliphatic carbocycles. The summed E-state index contributed by atoms with van der Waals surface area (Å²) in [5.41, 5.74) is 1.91. The van der Waals surface area contributed by atoms with E-state index in [-0.39, 0.29) is 28.8 Å². The standard InChI is InChI=1S/C19H25ClN4O4S/c1-9(2)11-7-13(22-16(11)20)17(25)23-12-5-6-24(8-14(12)28-4)19-21-10(3)15(29-19)18(26)27/h9,12,14H,5-8H2,1-4H3,(H,23,25)(H,26,27)/t12-,14+/m1/s1. The van der Waals surface area contributed by atoms with E-state index < -0.39 is 5.97 Å². The molecule has 2 atom stereocenters. The number of aliphatic imine (C=N–C) groups is 1. The lowest BCUT2D eigenvalue weighted by molar-refractivity contribution is -0.116. The number of ether oxygens (including phenoxy) is 1. The van der Waals surface area contributed by atoms with E-state index in [0.717, 1.165) is 16.9 Å². The maximum atomic E-state index is 12.7. The van der Waals surface area contributed by atoms with Gasteiger partial charge in [0.15, 0.2) is 5.13 Å². The maximum absolute atomic E-state index is 12.7. The normalized spacial score (nSPS) is 22.3. The van der Waals surface area contributed by atoms with Crippen LogP contribution in [0.2, 0.25) is 0 Å². The van der Waals surface area contributed by atoms with Crippen LogP contribution in [0.4, 0.5) is 5.13 Å². The molecule has 1 saturated heterocycles. The van der Waals surface area contributed by atoms with E-state index in [1.165, 1.54) is 0 Å². The summed E-state index contributed by atoms with van der Waals surface area (Å²) in [5, 5.41) is 13.3. The Kier molecular flexibility index (Phi) is 6.60. The topological polar surface area (TPSA) is 104 Å². The number of thiazole rings is 1. The molecule has 8 nitrogen and oxygen atoms in total. The fraction of sp³-hybridized carbons (Fsp3) is 0.579. The van der Waals surface area contributed by atoms with Gasteiger partial charge < -0.3 is 20.1 Å². The van der Waals surface area contributed by atoms with Crippen LogP contribution in [-0.4, -0.2) is 60.0 Å². The zero-order chi connectivity index (χ0) is 21.3. The molecule has 0 radical (unpaired) electrons. The average Bonchev–Trinajstić information content (AvgIpc) is 3.25. The molecular formula is C19H25ClN4O4S. The Morgan fingerprint density at radius 1 is 1.41 bits per heavy atom. The molecule has 29 heavy (non-hydrogen) atoms. The van der Waals surface area contributed by atoms with Crippen molar-refractivity contribution < 1.29 is 19.4 Å². The molecule has 1 aromatic heterocycles. The van der Waals surface area contributed by atoms with Gasteiger partial charge in [-0.05, 0) is 24.8 Å². The molecule has 0 unspecified atom stereocenters. The molecule has 0 aromatic carbocycles. The Hall–Kier alpha value is -1.97. The Labute approximate surface area is 178 Å². The van der Waals surface area contributed by atoms with Gasteiger partial charge in [-0.15, -0.1) is 0 Å². The lowest BCUT2D eigenvalue weighted by Gasteiger charge is -2.38. The predicted octanol–water partition coefficient (Wildman–Crippen LogP) is 2.81. The van der Waals surface area contributed by atoms with Crippen molar-refractivity contribution in [3.8, 4) is 0 Å². The Morgan fingerprint density at radius 3 is 2.69 bits per heavy atom. The molecule has 0 spiro atoms. The molecule has 3 heterocycles. The number of hydrogen-bond donors (Lipinski definition) is 2. The van der Waals surface area contributed by atoms with E-state index in [9.17, 15) is 14.7 Å². The first-order valence-corrected chi connectivity index (χ1v) is 10.7. The minimum atomic E-state index is -0.970. The van der Waals surface area contributed by atoms with Gasteiger partial charge >= 0.3 is 5.97 Å². The van der Waals surface area contributed by atoms with E-state index in [1.807, 2.05) is 18.7 Å². The second-order valence-electron chi connectivity index (χ2n) is 7.51. The van der Waals surface area contributed by atoms with Crippen LogP contribution in [0, 0.1) is 12.8 Å². The van der Waals surface area contributed by atoms with Gasteiger partial charge in [-0.1, -0.05) is 36.8 Å². The number of aromatic nitrogens is 1. The van der Waals surface area contributed by atoms with Gasteiger partial charge in [0, 0.05) is 26.6 Å². The Morgan fingerprint density at radius 2 is 2.14 bits per heavy atom. The number of carboxylic acids is 1. The molecule has 10 heteroatoms. The van der Waals surface area contributed by atoms with Gasteiger partial charge in [0.25, 0.3) is 5.91 Å². The third-order valence-corrected chi connectivity index (χ3v) is 6.78. The molecule has 1 fully saturated rings. The van der Waals surface area contributed by atoms with Crippen molar-refractivity contribution in [1.82, 2.24) is 10.3 Å². The number of anilines is 1. The summed E-state index contributed by atoms with van der Waals surface area (Å²) in [6, 6.07) is -0.173. The van der Waals surface area contributed by atoms with E-state index >= 15 is 0 Å². The Balaban J connectivity index is 1.63. The first-order chi connectivity index (χ1) is 13.7. The Bertz CT molecular complexity index is 880. The number of carboxylic acid groups (broad SMARTS) is 1. The van der Waals surface area contributed by atoms with Crippen molar-refractivity contribution in [1.29, 1.82) is 0 Å². The van der Waals surface area contributed by atoms with Gasteiger partial charge in [-0.3, -0.25) is 4.79 Å². The molecule has 0 bridgehead atoms. The molecule has 2 N–H and O–H groups in total. The summed E-state index contributed by atoms with van der Waals surface area (Å²) in [6.07, 6.45) is 0.867. The smallest absolute Gasteiger partial charge is 0.347 e. The lowest BCUT2D eigenvalue weighted by atomic mass is 9.99. The summed E-state index contributed by atoms with van der Waals surface area (Å²) in [5.74, 6) is -0.955. The molecular weight excluding hydrogens is 416 g/mol. The summed E-state index contributed by atoms with van der Waals surface area (Å²) < 4.78 is 5.61. The van der Waals surface area contributed by atoms with E-state index in [1.54, 1.807) is 14.0 Å². The molecule has 0 saturated carbocycles. The van der Waals surface area contributed by atoms with Crippen LogP contribution in [-0.2, 0) is 9.53 Å². The number of nitrogens with one attached hydrogen (secondary N) is 1. The number of methoxy groups -OCH3 is 1. The first kappa shape index (κ1) is 21.7. The number of amides is 1. The molecule has 3 rings (SSSR count). The minimum Gasteiger partial charge on any atom is -0.477 e. The summed E-state index contributed by atoms with van der Waals surface area (Å²) in [6.45, 7) is 6.90. The summed E-state index contributed by atoms with van der Waals surface area (Å²) in [4.78, 5) is 34.8. The zero-order valence-electron chi connectivity index (χ0n) is 16.9. The number of halogens is 1. The quantitative estimate of drug-likeness (QED) is 0.659. The third kappa shape index (κ3) is 4.62. The fourth-order valence-electron chi connectivity index (χ4n) is 3.52. The average molecular weight is 441 g/mol. The zero-order valence-corrected chi connectivity index (χ0v) is 18.4. The van der Waals surface area contributed by atoms with Gasteiger partial charge in [0.05, 0.1) is 17.8 Å². The highest BCUT2D eigenvalue weighted by atomic mass is 35.5. The van der Waals surface area contributed by atoms with Crippen LogP contribution in [0.1, 0.15) is 42.1 Å². The van der Waals surface area contributed by atoms with Crippen molar-refractivity contribution in [2.45, 2.75) is 45.8 Å². The van der Waals surface area contributed by atoms with Crippen molar-refractivity contribution in [3.63, 3.8) is 0 Å². The third-order valence-electron chi connectivity index (χ3n) is 5.24. The molecule has 2 aliphatic heterocycles. The number of hydrogen-bond acceptors (Lipinski definition) is 7. The number of rotatable bonds is 6. The fourth-order valence-corrected chi connectivity index (χ4v) is 4.85. The monoisotopic (exact) mass is 440 g/mol. The van der Waals surface area contributed by atoms with Gasteiger partial charge in [-0.2, -0.15) is 0 Å². The second kappa shape index (κ2) is 8.81. The predicted molar refractivity (Wildman–Crippen MR) is 113 cm³/mol. The van der Waals surface area contributed by atoms with Crippen molar-refractivity contribution in [2.75, 3.05) is 25.1 Å². The second-order valence-corrected chi connectivity index (χ2v) is 8.85. The van der Waals surface area contributed by atoms with E-state index in [0.29, 0.717) is 47.6 Å². The number of piperidine rings is 1. The molecule has 1 amide bonds. The lowest BCUT2D eigenvalue weighted by Crippen LogP contribution is -2.55. The number of carbonyl (C=O) groups is 2. The highest BCUT2D eigenvalue weighted by Crippen LogP contribution is 2.30. The van der Waals surface area contributed by atoms with Crippen LogP contribution in [0.5, 0.6) is 0 Å². The number of nitrogens with zero attached hydrogens (tertiary/aromatic N) is 3. The molecule has 1 aromatic rings. The van der Waals surface area contributed by atoms with E-state index in [4.69, 9.17) is 16.3 Å². The number of carbonyl (C=O) groups excluding carboxylic acids is 1. The number of aryl methyl sites for hydroxylation is 1. The summed E-state index contributed by atoms with van der Waals surface area (Å²) in [7, 11) is 1.60. The van der Waals surface area contributed by atoms with Gasteiger partial charge in [0.2, 0.25) is 0 Å². The molecule has 2 aliphatic rings. The van der Waals surface area contributed by atoms with Gasteiger partial charge in [0.1, 0.15) is 15.7 Å². The minimum absolute atomic E-state index is 0.173. The van der Waals surface area contributed by atoms with Crippen molar-refractivity contribution in [3.05, 3.63) is 21.3 Å². The largest absolute Gasteiger partial charge is 0.477 e. The van der Waals surface area contributed by atoms with Gasteiger partial charge in [-0.25, -0.2) is 14.8 Å². The van der Waals surface area contributed by atoms with Crippen LogP contribution in [0.15, 0.2) is 15.7 Å². The molecule has 158 valence electrons. The first-order valence-electron chi connectivity index (χ1n) is 9.46.